The molecule has 1 aromatic carbocycles. The van der Waals surface area contributed by atoms with E-state index < -0.39 is 12.1 Å². The number of nitrogens with one attached hydrogen (secondary N) is 1. The van der Waals surface area contributed by atoms with Crippen LogP contribution >= 0.6 is 0 Å². The SMILES string of the molecule is CCN(CC)C(=O)C1CNCCN1C(=O)OCc1ccccc1. The summed E-state index contributed by atoms with van der Waals surface area (Å²) in [5, 5.41) is 3.18. The van der Waals surface area contributed by atoms with E-state index in [1.165, 1.54) is 0 Å². The Hall–Kier alpha value is -2.08. The molecule has 0 spiro atoms. The first-order valence-electron chi connectivity index (χ1n) is 8.14. The van der Waals surface area contributed by atoms with Crippen LogP contribution in [0.15, 0.2) is 30.3 Å². The van der Waals surface area contributed by atoms with Gasteiger partial charge in [-0.15, -0.1) is 0 Å². The number of likely N-dealkylation sites (N-methyl/N-ethyl adjacent to an activating group) is 1. The van der Waals surface area contributed by atoms with E-state index in [9.17, 15) is 9.59 Å². The molecule has 6 heteroatoms. The Morgan fingerprint density at radius 2 is 1.96 bits per heavy atom. The first kappa shape index (κ1) is 17.3. The number of carbonyl (C=O) groups is 2. The molecule has 0 saturated carbocycles. The van der Waals surface area contributed by atoms with Gasteiger partial charge in [-0.3, -0.25) is 9.69 Å². The summed E-state index contributed by atoms with van der Waals surface area (Å²) in [7, 11) is 0. The molecule has 1 aliphatic rings. The number of hydrogen-bond acceptors (Lipinski definition) is 4. The summed E-state index contributed by atoms with van der Waals surface area (Å²) < 4.78 is 5.38. The van der Waals surface area contributed by atoms with Gasteiger partial charge in [0.15, 0.2) is 0 Å². The summed E-state index contributed by atoms with van der Waals surface area (Å²) in [4.78, 5) is 28.3. The van der Waals surface area contributed by atoms with Crippen LogP contribution in [0.2, 0.25) is 0 Å². The molecule has 0 bridgehead atoms. The van der Waals surface area contributed by atoms with E-state index in [-0.39, 0.29) is 12.5 Å². The van der Waals surface area contributed by atoms with Gasteiger partial charge in [0.2, 0.25) is 5.91 Å². The summed E-state index contributed by atoms with van der Waals surface area (Å²) in [6.07, 6.45) is -0.430. The third kappa shape index (κ3) is 4.45. The van der Waals surface area contributed by atoms with Crippen LogP contribution in [0.25, 0.3) is 0 Å². The lowest BCUT2D eigenvalue weighted by Crippen LogP contribution is -2.60. The lowest BCUT2D eigenvalue weighted by atomic mass is 10.1. The molecule has 1 fully saturated rings. The molecule has 1 aromatic rings. The summed E-state index contributed by atoms with van der Waals surface area (Å²) in [6.45, 7) is 6.99. The molecule has 1 unspecified atom stereocenters. The number of amides is 2. The second-order valence-electron chi connectivity index (χ2n) is 5.46. The number of piperazine rings is 1. The van der Waals surface area contributed by atoms with Crippen LogP contribution in [0.5, 0.6) is 0 Å². The van der Waals surface area contributed by atoms with Crippen molar-refractivity contribution in [1.82, 2.24) is 15.1 Å². The highest BCUT2D eigenvalue weighted by atomic mass is 16.6. The maximum Gasteiger partial charge on any atom is 0.410 e. The summed E-state index contributed by atoms with van der Waals surface area (Å²) in [6, 6.07) is 9.04. The minimum Gasteiger partial charge on any atom is -0.445 e. The molecule has 23 heavy (non-hydrogen) atoms. The Kier molecular flexibility index (Phi) is 6.40. The average molecular weight is 319 g/mol. The van der Waals surface area contributed by atoms with Gasteiger partial charge in [0, 0.05) is 32.7 Å². The number of carbonyl (C=O) groups excluding carboxylic acids is 2. The summed E-state index contributed by atoms with van der Waals surface area (Å²) in [5.74, 6) is -0.0288. The number of benzene rings is 1. The van der Waals surface area contributed by atoms with Crippen molar-refractivity contribution in [3.63, 3.8) is 0 Å². The zero-order valence-electron chi connectivity index (χ0n) is 13.8. The van der Waals surface area contributed by atoms with Gasteiger partial charge < -0.3 is 15.0 Å². The summed E-state index contributed by atoms with van der Waals surface area (Å²) in [5.41, 5.74) is 0.933. The van der Waals surface area contributed by atoms with Crippen LogP contribution in [0, 0.1) is 0 Å². The molecule has 0 aromatic heterocycles. The lowest BCUT2D eigenvalue weighted by Gasteiger charge is -2.36. The molecule has 1 aliphatic heterocycles. The quantitative estimate of drug-likeness (QED) is 0.893. The van der Waals surface area contributed by atoms with Crippen molar-refractivity contribution in [2.45, 2.75) is 26.5 Å². The van der Waals surface area contributed by atoms with E-state index in [1.807, 2.05) is 44.2 Å². The molecule has 2 rings (SSSR count). The molecule has 0 aliphatic carbocycles. The Labute approximate surface area is 137 Å². The van der Waals surface area contributed by atoms with E-state index in [0.717, 1.165) is 5.56 Å². The third-order valence-electron chi connectivity index (χ3n) is 4.04. The van der Waals surface area contributed by atoms with E-state index in [4.69, 9.17) is 4.74 Å². The van der Waals surface area contributed by atoms with Crippen molar-refractivity contribution in [2.75, 3.05) is 32.7 Å². The van der Waals surface area contributed by atoms with Crippen LogP contribution in [0.1, 0.15) is 19.4 Å². The van der Waals surface area contributed by atoms with Crippen LogP contribution in [-0.4, -0.2) is 60.6 Å². The molecule has 1 heterocycles. The fourth-order valence-electron chi connectivity index (χ4n) is 2.69. The number of rotatable bonds is 5. The Bertz CT molecular complexity index is 517. The van der Waals surface area contributed by atoms with Gasteiger partial charge >= 0.3 is 6.09 Å². The fraction of sp³-hybridized carbons (Fsp3) is 0.529. The summed E-state index contributed by atoms with van der Waals surface area (Å²) >= 11 is 0. The van der Waals surface area contributed by atoms with Crippen molar-refractivity contribution in [2.24, 2.45) is 0 Å². The molecular weight excluding hydrogens is 294 g/mol. The number of hydrogen-bond donors (Lipinski definition) is 1. The molecule has 2 amide bonds. The highest BCUT2D eigenvalue weighted by molar-refractivity contribution is 5.86. The second-order valence-corrected chi connectivity index (χ2v) is 5.46. The molecule has 126 valence electrons. The van der Waals surface area contributed by atoms with Gasteiger partial charge in [-0.1, -0.05) is 30.3 Å². The van der Waals surface area contributed by atoms with Gasteiger partial charge in [0.1, 0.15) is 12.6 Å². The van der Waals surface area contributed by atoms with Crippen LogP contribution in [0.3, 0.4) is 0 Å². The van der Waals surface area contributed by atoms with Crippen LogP contribution in [-0.2, 0) is 16.1 Å². The van der Waals surface area contributed by atoms with Gasteiger partial charge in [0.25, 0.3) is 0 Å². The number of ether oxygens (including phenoxy) is 1. The zero-order valence-corrected chi connectivity index (χ0v) is 13.8. The Morgan fingerprint density at radius 3 is 2.61 bits per heavy atom. The molecule has 6 nitrogen and oxygen atoms in total. The Balaban J connectivity index is 1.99. The minimum absolute atomic E-state index is 0.0288. The second kappa shape index (κ2) is 8.53. The maximum absolute atomic E-state index is 12.6. The minimum atomic E-state index is -0.494. The van der Waals surface area contributed by atoms with Gasteiger partial charge in [0.05, 0.1) is 0 Å². The first-order chi connectivity index (χ1) is 11.2. The van der Waals surface area contributed by atoms with Gasteiger partial charge in [-0.25, -0.2) is 4.79 Å². The predicted octanol–water partition coefficient (Wildman–Crippen LogP) is 1.47. The van der Waals surface area contributed by atoms with E-state index in [1.54, 1.807) is 9.80 Å². The Morgan fingerprint density at radius 1 is 1.26 bits per heavy atom. The third-order valence-corrected chi connectivity index (χ3v) is 4.04. The first-order valence-corrected chi connectivity index (χ1v) is 8.14. The van der Waals surface area contributed by atoms with Crippen molar-refractivity contribution >= 4 is 12.0 Å². The van der Waals surface area contributed by atoms with Crippen molar-refractivity contribution < 1.29 is 14.3 Å². The molecule has 1 atom stereocenters. The molecule has 1 saturated heterocycles. The van der Waals surface area contributed by atoms with Crippen LogP contribution < -0.4 is 5.32 Å². The van der Waals surface area contributed by atoms with Crippen molar-refractivity contribution in [1.29, 1.82) is 0 Å². The largest absolute Gasteiger partial charge is 0.445 e. The standard InChI is InChI=1S/C17H25N3O3/c1-3-19(4-2)16(21)15-12-18-10-11-20(15)17(22)23-13-14-8-6-5-7-9-14/h5-9,15,18H,3-4,10-13H2,1-2H3. The normalized spacial score (nSPS) is 17.7. The van der Waals surface area contributed by atoms with E-state index in [0.29, 0.717) is 32.7 Å². The van der Waals surface area contributed by atoms with Gasteiger partial charge in [-0.2, -0.15) is 0 Å². The van der Waals surface area contributed by atoms with Crippen molar-refractivity contribution in [3.05, 3.63) is 35.9 Å². The smallest absolute Gasteiger partial charge is 0.410 e. The van der Waals surface area contributed by atoms with E-state index >= 15 is 0 Å². The average Bonchev–Trinajstić information content (AvgIpc) is 2.61. The van der Waals surface area contributed by atoms with Gasteiger partial charge in [-0.05, 0) is 19.4 Å². The maximum atomic E-state index is 12.6. The molecule has 0 radical (unpaired) electrons. The fourth-order valence-corrected chi connectivity index (χ4v) is 2.69. The lowest BCUT2D eigenvalue weighted by molar-refractivity contribution is -0.136. The van der Waals surface area contributed by atoms with Crippen molar-refractivity contribution in [3.8, 4) is 0 Å². The van der Waals surface area contributed by atoms with Crippen LogP contribution in [0.4, 0.5) is 4.79 Å². The number of nitrogens with zero attached hydrogens (tertiary/aromatic N) is 2. The monoisotopic (exact) mass is 319 g/mol. The molecule has 1 N–H and O–H groups in total. The highest BCUT2D eigenvalue weighted by Gasteiger charge is 2.34. The molecular formula is C17H25N3O3. The highest BCUT2D eigenvalue weighted by Crippen LogP contribution is 2.11. The zero-order chi connectivity index (χ0) is 16.7. The predicted molar refractivity (Wildman–Crippen MR) is 87.9 cm³/mol. The van der Waals surface area contributed by atoms with E-state index in [2.05, 4.69) is 5.32 Å². The topological polar surface area (TPSA) is 61.9 Å².